The minimum Gasteiger partial charge on any atom is -0.494 e. The number of benzene rings is 2. The third-order valence-electron chi connectivity index (χ3n) is 3.94. The van der Waals surface area contributed by atoms with E-state index in [9.17, 15) is 13.2 Å². The largest absolute Gasteiger partial charge is 0.494 e. The predicted molar refractivity (Wildman–Crippen MR) is 107 cm³/mol. The van der Waals surface area contributed by atoms with Gasteiger partial charge in [-0.05, 0) is 49.4 Å². The molecule has 1 amide bonds. The second-order valence-corrected chi connectivity index (χ2v) is 7.96. The summed E-state index contributed by atoms with van der Waals surface area (Å²) in [6.07, 6.45) is 0. The van der Waals surface area contributed by atoms with Crippen LogP contribution in [0.4, 0.5) is 5.69 Å². The van der Waals surface area contributed by atoms with E-state index in [1.54, 1.807) is 44.2 Å². The molecule has 27 heavy (non-hydrogen) atoms. The van der Waals surface area contributed by atoms with Crippen molar-refractivity contribution in [2.45, 2.75) is 25.7 Å². The molecule has 0 radical (unpaired) electrons. The number of sulfonamides is 1. The van der Waals surface area contributed by atoms with Crippen molar-refractivity contribution in [3.8, 4) is 5.75 Å². The molecule has 1 N–H and O–H groups in total. The molecule has 0 saturated heterocycles. The van der Waals surface area contributed by atoms with Crippen molar-refractivity contribution >= 4 is 33.2 Å². The molecule has 0 aliphatic heterocycles. The summed E-state index contributed by atoms with van der Waals surface area (Å²) in [7, 11) is -3.73. The summed E-state index contributed by atoms with van der Waals surface area (Å²) >= 11 is 6.11. The van der Waals surface area contributed by atoms with Crippen LogP contribution in [0.5, 0.6) is 5.75 Å². The Bertz CT molecular complexity index is 894. The summed E-state index contributed by atoms with van der Waals surface area (Å²) in [4.78, 5) is 12.4. The van der Waals surface area contributed by atoms with Gasteiger partial charge in [0, 0.05) is 24.3 Å². The van der Waals surface area contributed by atoms with Crippen molar-refractivity contribution in [1.82, 2.24) is 4.31 Å². The summed E-state index contributed by atoms with van der Waals surface area (Å²) in [5, 5.41) is 2.81. The number of ether oxygens (including phenoxy) is 1. The highest BCUT2D eigenvalue weighted by Crippen LogP contribution is 2.28. The van der Waals surface area contributed by atoms with Crippen molar-refractivity contribution in [1.29, 1.82) is 0 Å². The number of halogens is 1. The highest BCUT2D eigenvalue weighted by molar-refractivity contribution is 7.89. The molecule has 0 aliphatic rings. The normalized spacial score (nSPS) is 11.4. The number of carbonyl (C=O) groups excluding carboxylic acids is 1. The molecule has 146 valence electrons. The Morgan fingerprint density at radius 2 is 1.70 bits per heavy atom. The number of hydrogen-bond acceptors (Lipinski definition) is 4. The SMILES string of the molecule is CCOc1ccc(C(=O)Nc2ccc(Cl)c(S(=O)(=O)N(CC)CC)c2)cc1. The lowest BCUT2D eigenvalue weighted by Gasteiger charge is -2.19. The van der Waals surface area contributed by atoms with Gasteiger partial charge in [0.25, 0.3) is 5.91 Å². The van der Waals surface area contributed by atoms with Gasteiger partial charge in [-0.2, -0.15) is 4.31 Å². The van der Waals surface area contributed by atoms with Crippen molar-refractivity contribution in [3.63, 3.8) is 0 Å². The van der Waals surface area contributed by atoms with Crippen LogP contribution in [0.2, 0.25) is 5.02 Å². The van der Waals surface area contributed by atoms with Crippen molar-refractivity contribution in [2.24, 2.45) is 0 Å². The Balaban J connectivity index is 2.26. The number of hydrogen-bond donors (Lipinski definition) is 1. The second-order valence-electron chi connectivity index (χ2n) is 5.65. The first-order chi connectivity index (χ1) is 12.8. The van der Waals surface area contributed by atoms with E-state index in [2.05, 4.69) is 5.32 Å². The molecular formula is C19H23ClN2O4S. The van der Waals surface area contributed by atoms with Gasteiger partial charge in [0.15, 0.2) is 0 Å². The molecule has 2 rings (SSSR count). The van der Waals surface area contributed by atoms with E-state index in [1.807, 2.05) is 6.92 Å². The summed E-state index contributed by atoms with van der Waals surface area (Å²) in [5.74, 6) is 0.319. The van der Waals surface area contributed by atoms with E-state index in [-0.39, 0.29) is 15.8 Å². The van der Waals surface area contributed by atoms with Crippen LogP contribution < -0.4 is 10.1 Å². The summed E-state index contributed by atoms with van der Waals surface area (Å²) < 4.78 is 32.1. The van der Waals surface area contributed by atoms with Gasteiger partial charge in [0.05, 0.1) is 11.6 Å². The van der Waals surface area contributed by atoms with Crippen LogP contribution in [-0.2, 0) is 10.0 Å². The number of nitrogens with zero attached hydrogens (tertiary/aromatic N) is 1. The lowest BCUT2D eigenvalue weighted by molar-refractivity contribution is 0.102. The molecule has 8 heteroatoms. The molecule has 0 spiro atoms. The first kappa shape index (κ1) is 21.2. The molecule has 0 aliphatic carbocycles. The zero-order valence-electron chi connectivity index (χ0n) is 15.5. The topological polar surface area (TPSA) is 75.7 Å². The molecule has 2 aromatic rings. The number of amides is 1. The van der Waals surface area contributed by atoms with E-state index in [4.69, 9.17) is 16.3 Å². The number of nitrogens with one attached hydrogen (secondary N) is 1. The van der Waals surface area contributed by atoms with Gasteiger partial charge in [0.2, 0.25) is 10.0 Å². The number of rotatable bonds is 8. The van der Waals surface area contributed by atoms with E-state index < -0.39 is 10.0 Å². The molecule has 0 fully saturated rings. The molecule has 0 atom stereocenters. The Hall–Kier alpha value is -2.09. The van der Waals surface area contributed by atoms with E-state index in [1.165, 1.54) is 16.4 Å². The van der Waals surface area contributed by atoms with Gasteiger partial charge in [-0.25, -0.2) is 8.42 Å². The minimum atomic E-state index is -3.73. The maximum atomic E-state index is 12.7. The zero-order chi connectivity index (χ0) is 20.0. The molecule has 0 heterocycles. The average molecular weight is 411 g/mol. The van der Waals surface area contributed by atoms with Crippen molar-refractivity contribution < 1.29 is 17.9 Å². The lowest BCUT2D eigenvalue weighted by atomic mass is 10.2. The molecule has 0 unspecified atom stereocenters. The van der Waals surface area contributed by atoms with Gasteiger partial charge >= 0.3 is 0 Å². The number of carbonyl (C=O) groups is 1. The van der Waals surface area contributed by atoms with Crippen LogP contribution in [0.25, 0.3) is 0 Å². The van der Waals surface area contributed by atoms with Crippen LogP contribution in [0.3, 0.4) is 0 Å². The summed E-state index contributed by atoms with van der Waals surface area (Å²) in [6.45, 7) is 6.60. The maximum absolute atomic E-state index is 12.7. The second kappa shape index (κ2) is 9.21. The first-order valence-corrected chi connectivity index (χ1v) is 10.5. The third kappa shape index (κ3) is 5.00. The number of anilines is 1. The van der Waals surface area contributed by atoms with E-state index in [0.29, 0.717) is 36.7 Å². The van der Waals surface area contributed by atoms with Crippen molar-refractivity contribution in [3.05, 3.63) is 53.1 Å². The van der Waals surface area contributed by atoms with Crippen LogP contribution >= 0.6 is 11.6 Å². The smallest absolute Gasteiger partial charge is 0.255 e. The minimum absolute atomic E-state index is 0.0302. The van der Waals surface area contributed by atoms with E-state index in [0.717, 1.165) is 0 Å². The van der Waals surface area contributed by atoms with Crippen LogP contribution in [0.1, 0.15) is 31.1 Å². The quantitative estimate of drug-likeness (QED) is 0.713. The van der Waals surface area contributed by atoms with Crippen molar-refractivity contribution in [2.75, 3.05) is 25.0 Å². The average Bonchev–Trinajstić information content (AvgIpc) is 2.64. The van der Waals surface area contributed by atoms with Crippen LogP contribution in [0.15, 0.2) is 47.4 Å². The summed E-state index contributed by atoms with van der Waals surface area (Å²) in [6, 6.07) is 11.1. The Morgan fingerprint density at radius 1 is 1.07 bits per heavy atom. The van der Waals surface area contributed by atoms with Gasteiger partial charge in [-0.1, -0.05) is 25.4 Å². The highest BCUT2D eigenvalue weighted by Gasteiger charge is 2.25. The molecular weight excluding hydrogens is 388 g/mol. The molecule has 0 bridgehead atoms. The molecule has 0 saturated carbocycles. The zero-order valence-corrected chi connectivity index (χ0v) is 17.1. The maximum Gasteiger partial charge on any atom is 0.255 e. The summed E-state index contributed by atoms with van der Waals surface area (Å²) in [5.41, 5.74) is 0.783. The fourth-order valence-electron chi connectivity index (χ4n) is 2.55. The molecule has 6 nitrogen and oxygen atoms in total. The standard InChI is InChI=1S/C19H23ClN2O4S/c1-4-22(5-2)27(24,25)18-13-15(9-12-17(18)20)21-19(23)14-7-10-16(11-8-14)26-6-3/h7-13H,4-6H2,1-3H3,(H,21,23). The van der Waals surface area contributed by atoms with E-state index >= 15 is 0 Å². The van der Waals surface area contributed by atoms with Crippen LogP contribution in [-0.4, -0.2) is 38.3 Å². The third-order valence-corrected chi connectivity index (χ3v) is 6.47. The van der Waals surface area contributed by atoms with Gasteiger partial charge in [0.1, 0.15) is 10.6 Å². The monoisotopic (exact) mass is 410 g/mol. The van der Waals surface area contributed by atoms with Crippen LogP contribution in [0, 0.1) is 0 Å². The lowest BCUT2D eigenvalue weighted by Crippen LogP contribution is -2.30. The fourth-order valence-corrected chi connectivity index (χ4v) is 4.51. The first-order valence-electron chi connectivity index (χ1n) is 8.67. The highest BCUT2D eigenvalue weighted by atomic mass is 35.5. The molecule has 2 aromatic carbocycles. The predicted octanol–water partition coefficient (Wildman–Crippen LogP) is 4.02. The Morgan fingerprint density at radius 3 is 2.26 bits per heavy atom. The Labute approximate surface area is 165 Å². The Kier molecular flexibility index (Phi) is 7.24. The van der Waals surface area contributed by atoms with Gasteiger partial charge in [-0.3, -0.25) is 4.79 Å². The van der Waals surface area contributed by atoms with Gasteiger partial charge in [-0.15, -0.1) is 0 Å². The fraction of sp³-hybridized carbons (Fsp3) is 0.316. The molecule has 0 aromatic heterocycles. The van der Waals surface area contributed by atoms with Gasteiger partial charge < -0.3 is 10.1 Å².